The smallest absolute Gasteiger partial charge is 0.0869 e. The highest BCUT2D eigenvalue weighted by Gasteiger charge is 2.37. The van der Waals surface area contributed by atoms with E-state index in [1.807, 2.05) is 11.8 Å². The largest absolute Gasteiger partial charge is 0.374 e. The van der Waals surface area contributed by atoms with Gasteiger partial charge in [-0.25, -0.2) is 0 Å². The van der Waals surface area contributed by atoms with Crippen LogP contribution in [0.1, 0.15) is 12.0 Å². The van der Waals surface area contributed by atoms with Crippen molar-refractivity contribution in [2.75, 3.05) is 45.6 Å². The fraction of sp³-hybridized carbons (Fsp3) is 0.647. The highest BCUT2D eigenvalue weighted by Crippen LogP contribution is 2.22. The van der Waals surface area contributed by atoms with Gasteiger partial charge in [-0.3, -0.25) is 9.80 Å². The van der Waals surface area contributed by atoms with Crippen molar-refractivity contribution in [3.8, 4) is 0 Å². The monoisotopic (exact) mass is 306 g/mol. The van der Waals surface area contributed by atoms with Crippen LogP contribution in [0.5, 0.6) is 0 Å². The Bertz CT molecular complexity index is 428. The van der Waals surface area contributed by atoms with E-state index in [2.05, 4.69) is 47.2 Å². The van der Waals surface area contributed by atoms with Crippen LogP contribution in [0.15, 0.2) is 30.3 Å². The summed E-state index contributed by atoms with van der Waals surface area (Å²) in [4.78, 5) is 5.05. The maximum Gasteiger partial charge on any atom is 0.0869 e. The second kappa shape index (κ2) is 7.63. The molecule has 2 aliphatic heterocycles. The Morgan fingerprint density at radius 1 is 1.24 bits per heavy atom. The maximum absolute atomic E-state index is 5.90. The Morgan fingerprint density at radius 3 is 2.90 bits per heavy atom. The molecule has 0 aromatic heterocycles. The number of rotatable bonds is 6. The third kappa shape index (κ3) is 4.22. The molecular formula is C17H26N2OS. The molecule has 4 heteroatoms. The summed E-state index contributed by atoms with van der Waals surface area (Å²) < 4.78 is 5.90. The Balaban J connectivity index is 1.31. The van der Waals surface area contributed by atoms with Crippen LogP contribution in [0.3, 0.4) is 0 Å². The summed E-state index contributed by atoms with van der Waals surface area (Å²) in [5.41, 5.74) is 1.43. The lowest BCUT2D eigenvalue weighted by Crippen LogP contribution is -2.48. The van der Waals surface area contributed by atoms with Gasteiger partial charge in [-0.2, -0.15) is 11.8 Å². The Kier molecular flexibility index (Phi) is 5.58. The summed E-state index contributed by atoms with van der Waals surface area (Å²) >= 11 is 2.05. The van der Waals surface area contributed by atoms with E-state index in [0.29, 0.717) is 12.1 Å². The molecule has 2 aliphatic rings. The third-order valence-corrected chi connectivity index (χ3v) is 5.64. The van der Waals surface area contributed by atoms with Crippen molar-refractivity contribution < 1.29 is 4.74 Å². The van der Waals surface area contributed by atoms with Crippen LogP contribution in [0.25, 0.3) is 0 Å². The average molecular weight is 306 g/mol. The number of fused-ring (bicyclic) bond motifs is 1. The first-order valence-electron chi connectivity index (χ1n) is 7.99. The molecule has 0 radical (unpaired) electrons. The number of benzene rings is 1. The van der Waals surface area contributed by atoms with E-state index in [1.54, 1.807) is 0 Å². The maximum atomic E-state index is 5.90. The Hall–Kier alpha value is -0.550. The average Bonchev–Trinajstić information content (AvgIpc) is 2.92. The van der Waals surface area contributed by atoms with Crippen molar-refractivity contribution in [2.24, 2.45) is 0 Å². The van der Waals surface area contributed by atoms with Crippen LogP contribution >= 0.6 is 11.8 Å². The van der Waals surface area contributed by atoms with Gasteiger partial charge in [-0.05, 0) is 31.3 Å². The molecule has 0 aliphatic carbocycles. The molecule has 1 aromatic rings. The van der Waals surface area contributed by atoms with Gasteiger partial charge in [0.05, 0.1) is 12.7 Å². The van der Waals surface area contributed by atoms with Gasteiger partial charge in [-0.15, -0.1) is 0 Å². The number of hydrogen-bond donors (Lipinski definition) is 0. The van der Waals surface area contributed by atoms with Crippen LogP contribution < -0.4 is 0 Å². The normalized spacial score (nSPS) is 26.9. The quantitative estimate of drug-likeness (QED) is 0.749. The van der Waals surface area contributed by atoms with Gasteiger partial charge >= 0.3 is 0 Å². The Morgan fingerprint density at radius 2 is 2.10 bits per heavy atom. The topological polar surface area (TPSA) is 15.7 Å². The first kappa shape index (κ1) is 15.3. The van der Waals surface area contributed by atoms with E-state index in [1.165, 1.54) is 30.8 Å². The van der Waals surface area contributed by atoms with E-state index in [4.69, 9.17) is 4.74 Å². The molecule has 2 saturated heterocycles. The molecule has 3 nitrogen and oxygen atoms in total. The number of likely N-dealkylation sites (N-methyl/N-ethyl adjacent to an activating group) is 1. The zero-order valence-electron chi connectivity index (χ0n) is 12.9. The number of likely N-dealkylation sites (tertiary alicyclic amines) is 1. The van der Waals surface area contributed by atoms with Crippen molar-refractivity contribution in [1.29, 1.82) is 0 Å². The minimum absolute atomic E-state index is 0.445. The molecule has 0 N–H and O–H groups in total. The fourth-order valence-electron chi connectivity index (χ4n) is 3.27. The van der Waals surface area contributed by atoms with Crippen molar-refractivity contribution in [3.63, 3.8) is 0 Å². The minimum Gasteiger partial charge on any atom is -0.374 e. The van der Waals surface area contributed by atoms with Crippen LogP contribution in [-0.4, -0.2) is 67.5 Å². The van der Waals surface area contributed by atoms with Crippen molar-refractivity contribution in [2.45, 2.75) is 24.3 Å². The van der Waals surface area contributed by atoms with Crippen molar-refractivity contribution in [3.05, 3.63) is 35.9 Å². The van der Waals surface area contributed by atoms with Gasteiger partial charge in [0.15, 0.2) is 0 Å². The fourth-order valence-corrected chi connectivity index (χ4v) is 4.18. The SMILES string of the molecule is CN1CCO[C@@H]2CN(CCCSCc3ccccc3)C[C@H]21. The van der Waals surface area contributed by atoms with Gasteiger partial charge in [0.1, 0.15) is 0 Å². The van der Waals surface area contributed by atoms with Crippen LogP contribution in [-0.2, 0) is 10.5 Å². The van der Waals surface area contributed by atoms with Gasteiger partial charge in [0, 0.05) is 31.4 Å². The molecular weight excluding hydrogens is 280 g/mol. The summed E-state index contributed by atoms with van der Waals surface area (Å²) in [6, 6.07) is 11.4. The van der Waals surface area contributed by atoms with E-state index < -0.39 is 0 Å². The lowest BCUT2D eigenvalue weighted by Gasteiger charge is -2.33. The number of ether oxygens (including phenoxy) is 1. The zero-order valence-corrected chi connectivity index (χ0v) is 13.7. The first-order chi connectivity index (χ1) is 10.3. The third-order valence-electron chi connectivity index (χ3n) is 4.53. The zero-order chi connectivity index (χ0) is 14.5. The van der Waals surface area contributed by atoms with Crippen LogP contribution in [0.4, 0.5) is 0 Å². The highest BCUT2D eigenvalue weighted by molar-refractivity contribution is 7.98. The molecule has 0 saturated carbocycles. The lowest BCUT2D eigenvalue weighted by molar-refractivity contribution is -0.0369. The summed E-state index contributed by atoms with van der Waals surface area (Å²) in [5.74, 6) is 2.38. The predicted molar refractivity (Wildman–Crippen MR) is 89.8 cm³/mol. The molecule has 0 unspecified atom stereocenters. The molecule has 0 amide bonds. The van der Waals surface area contributed by atoms with Crippen molar-refractivity contribution in [1.82, 2.24) is 9.80 Å². The molecule has 21 heavy (non-hydrogen) atoms. The van der Waals surface area contributed by atoms with E-state index in [0.717, 1.165) is 25.4 Å². The molecule has 116 valence electrons. The van der Waals surface area contributed by atoms with E-state index in [-0.39, 0.29) is 0 Å². The van der Waals surface area contributed by atoms with E-state index >= 15 is 0 Å². The molecule has 3 rings (SSSR count). The summed E-state index contributed by atoms with van der Waals surface area (Å²) in [6.45, 7) is 5.51. The van der Waals surface area contributed by atoms with E-state index in [9.17, 15) is 0 Å². The molecule has 1 aromatic carbocycles. The van der Waals surface area contributed by atoms with Crippen LogP contribution in [0, 0.1) is 0 Å². The van der Waals surface area contributed by atoms with Gasteiger partial charge in [-0.1, -0.05) is 30.3 Å². The molecule has 2 atom stereocenters. The molecule has 0 bridgehead atoms. The number of morpholine rings is 1. The molecule has 2 fully saturated rings. The summed E-state index contributed by atoms with van der Waals surface area (Å²) in [6.07, 6.45) is 1.72. The number of nitrogens with zero attached hydrogens (tertiary/aromatic N) is 2. The first-order valence-corrected chi connectivity index (χ1v) is 9.14. The standard InChI is InChI=1S/C17H26N2OS/c1-18-9-10-20-17-13-19(12-16(17)18)8-5-11-21-14-15-6-3-2-4-7-15/h2-4,6-7,16-17H,5,8-14H2,1H3/t16-,17-/m1/s1. The number of thioether (sulfide) groups is 1. The predicted octanol–water partition coefficient (Wildman–Crippen LogP) is 2.32. The summed E-state index contributed by atoms with van der Waals surface area (Å²) in [5, 5.41) is 0. The van der Waals surface area contributed by atoms with Gasteiger partial charge in [0.2, 0.25) is 0 Å². The second-order valence-electron chi connectivity index (χ2n) is 6.11. The summed E-state index contributed by atoms with van der Waals surface area (Å²) in [7, 11) is 2.24. The number of hydrogen-bond acceptors (Lipinski definition) is 4. The molecule has 0 spiro atoms. The Labute approximate surface area is 132 Å². The van der Waals surface area contributed by atoms with Crippen molar-refractivity contribution >= 4 is 11.8 Å². The highest BCUT2D eigenvalue weighted by atomic mass is 32.2. The second-order valence-corrected chi connectivity index (χ2v) is 7.21. The molecule has 2 heterocycles. The van der Waals surface area contributed by atoms with Crippen LogP contribution in [0.2, 0.25) is 0 Å². The van der Waals surface area contributed by atoms with Gasteiger partial charge < -0.3 is 4.74 Å². The minimum atomic E-state index is 0.445. The van der Waals surface area contributed by atoms with Gasteiger partial charge in [0.25, 0.3) is 0 Å². The lowest BCUT2D eigenvalue weighted by atomic mass is 10.1.